The van der Waals surface area contributed by atoms with Gasteiger partial charge in [0.15, 0.2) is 0 Å². The molecule has 5 nitrogen and oxygen atoms in total. The standard InChI is InChI=1S/C12H19N3O2S/c1-3-8-6-11(8)15-12-7-9(4-5-10(12)13)18(16,17)14-2/h4-5,7-8,11,14-15H,3,6,13H2,1-2H3. The van der Waals surface area contributed by atoms with Gasteiger partial charge in [-0.1, -0.05) is 13.3 Å². The topological polar surface area (TPSA) is 84.2 Å². The number of nitrogens with two attached hydrogens (primary N) is 1. The molecule has 0 bridgehead atoms. The summed E-state index contributed by atoms with van der Waals surface area (Å²) in [5.74, 6) is 0.675. The Hall–Kier alpha value is -1.27. The number of nitrogens with one attached hydrogen (secondary N) is 2. The molecule has 1 saturated carbocycles. The second-order valence-corrected chi connectivity index (χ2v) is 6.50. The van der Waals surface area contributed by atoms with Crippen molar-refractivity contribution in [1.82, 2.24) is 4.72 Å². The number of hydrogen-bond acceptors (Lipinski definition) is 4. The molecule has 1 aliphatic rings. The summed E-state index contributed by atoms with van der Waals surface area (Å²) in [6.45, 7) is 2.15. The lowest BCUT2D eigenvalue weighted by Crippen LogP contribution is -2.19. The molecule has 2 rings (SSSR count). The van der Waals surface area contributed by atoms with Crippen molar-refractivity contribution in [1.29, 1.82) is 0 Å². The van der Waals surface area contributed by atoms with E-state index in [0.29, 0.717) is 23.3 Å². The normalized spacial score (nSPS) is 22.8. The Morgan fingerprint density at radius 2 is 2.17 bits per heavy atom. The summed E-state index contributed by atoms with van der Waals surface area (Å²) < 4.78 is 25.7. The minimum absolute atomic E-state index is 0.232. The Morgan fingerprint density at radius 1 is 1.44 bits per heavy atom. The molecule has 1 aromatic carbocycles. The molecule has 18 heavy (non-hydrogen) atoms. The van der Waals surface area contributed by atoms with Crippen LogP contribution in [0.4, 0.5) is 11.4 Å². The molecular formula is C12H19N3O2S. The van der Waals surface area contributed by atoms with Crippen molar-refractivity contribution >= 4 is 21.4 Å². The van der Waals surface area contributed by atoms with Gasteiger partial charge in [-0.15, -0.1) is 0 Å². The first-order valence-corrected chi connectivity index (χ1v) is 7.56. The first-order chi connectivity index (χ1) is 8.47. The Balaban J connectivity index is 2.23. The van der Waals surface area contributed by atoms with Crippen LogP contribution in [0.3, 0.4) is 0 Å². The van der Waals surface area contributed by atoms with Gasteiger partial charge in [-0.2, -0.15) is 0 Å². The van der Waals surface area contributed by atoms with Crippen molar-refractivity contribution in [3.63, 3.8) is 0 Å². The smallest absolute Gasteiger partial charge is 0.240 e. The summed E-state index contributed by atoms with van der Waals surface area (Å²) in [6, 6.07) is 5.14. The van der Waals surface area contributed by atoms with Crippen molar-refractivity contribution in [3.05, 3.63) is 18.2 Å². The highest BCUT2D eigenvalue weighted by Crippen LogP contribution is 2.37. The van der Waals surface area contributed by atoms with Crippen molar-refractivity contribution < 1.29 is 8.42 Å². The van der Waals surface area contributed by atoms with Crippen LogP contribution in [0.5, 0.6) is 0 Å². The molecule has 4 N–H and O–H groups in total. The summed E-state index contributed by atoms with van der Waals surface area (Å²) in [7, 11) is -2.02. The summed E-state index contributed by atoms with van der Waals surface area (Å²) in [6.07, 6.45) is 2.25. The fourth-order valence-electron chi connectivity index (χ4n) is 2.02. The van der Waals surface area contributed by atoms with Crippen molar-refractivity contribution in [2.24, 2.45) is 5.92 Å². The fourth-order valence-corrected chi connectivity index (χ4v) is 2.78. The lowest BCUT2D eigenvalue weighted by Gasteiger charge is -2.11. The Bertz CT molecular complexity index is 542. The van der Waals surface area contributed by atoms with Crippen LogP contribution in [-0.2, 0) is 10.0 Å². The summed E-state index contributed by atoms with van der Waals surface area (Å²) in [5, 5.41) is 3.30. The average molecular weight is 269 g/mol. The zero-order valence-electron chi connectivity index (χ0n) is 10.6. The van der Waals surface area contributed by atoms with E-state index in [0.717, 1.165) is 12.8 Å². The molecule has 0 spiro atoms. The number of rotatable bonds is 5. The molecular weight excluding hydrogens is 250 g/mol. The van der Waals surface area contributed by atoms with Gasteiger partial charge in [-0.25, -0.2) is 13.1 Å². The van der Waals surface area contributed by atoms with Crippen LogP contribution in [0.2, 0.25) is 0 Å². The molecule has 1 aliphatic carbocycles. The van der Waals surface area contributed by atoms with Crippen LogP contribution in [0, 0.1) is 5.92 Å². The Morgan fingerprint density at radius 3 is 2.72 bits per heavy atom. The van der Waals surface area contributed by atoms with Gasteiger partial charge in [0, 0.05) is 6.04 Å². The molecule has 2 atom stereocenters. The van der Waals surface area contributed by atoms with Crippen molar-refractivity contribution in [2.75, 3.05) is 18.1 Å². The molecule has 0 amide bonds. The minimum atomic E-state index is -3.42. The van der Waals surface area contributed by atoms with Crippen LogP contribution >= 0.6 is 0 Å². The maximum absolute atomic E-state index is 11.7. The number of anilines is 2. The van der Waals surface area contributed by atoms with Crippen LogP contribution < -0.4 is 15.8 Å². The van der Waals surface area contributed by atoms with Gasteiger partial charge in [0.1, 0.15) is 0 Å². The molecule has 1 fully saturated rings. The van der Waals surface area contributed by atoms with Gasteiger partial charge in [-0.05, 0) is 37.6 Å². The van der Waals surface area contributed by atoms with E-state index in [1.807, 2.05) is 0 Å². The molecule has 0 aromatic heterocycles. The van der Waals surface area contributed by atoms with E-state index in [9.17, 15) is 8.42 Å². The largest absolute Gasteiger partial charge is 0.397 e. The molecule has 6 heteroatoms. The molecule has 1 aromatic rings. The van der Waals surface area contributed by atoms with Crippen LogP contribution in [0.1, 0.15) is 19.8 Å². The molecule has 0 saturated heterocycles. The van der Waals surface area contributed by atoms with Crippen LogP contribution in [0.15, 0.2) is 23.1 Å². The number of nitrogen functional groups attached to an aromatic ring is 1. The lowest BCUT2D eigenvalue weighted by molar-refractivity contribution is 0.588. The van der Waals surface area contributed by atoms with E-state index in [4.69, 9.17) is 5.73 Å². The van der Waals surface area contributed by atoms with Gasteiger partial charge < -0.3 is 11.1 Å². The summed E-state index contributed by atoms with van der Waals surface area (Å²) in [4.78, 5) is 0.232. The monoisotopic (exact) mass is 269 g/mol. The highest BCUT2D eigenvalue weighted by Gasteiger charge is 2.35. The maximum Gasteiger partial charge on any atom is 0.240 e. The van der Waals surface area contributed by atoms with E-state index < -0.39 is 10.0 Å². The third kappa shape index (κ3) is 2.59. The first kappa shape index (κ1) is 13.2. The number of hydrogen-bond donors (Lipinski definition) is 3. The highest BCUT2D eigenvalue weighted by molar-refractivity contribution is 7.89. The maximum atomic E-state index is 11.7. The number of benzene rings is 1. The highest BCUT2D eigenvalue weighted by atomic mass is 32.2. The Kier molecular flexibility index (Phi) is 3.49. The molecule has 2 unspecified atom stereocenters. The molecule has 0 heterocycles. The van der Waals surface area contributed by atoms with Gasteiger partial charge in [0.05, 0.1) is 16.3 Å². The summed E-state index contributed by atoms with van der Waals surface area (Å²) >= 11 is 0. The minimum Gasteiger partial charge on any atom is -0.397 e. The van der Waals surface area contributed by atoms with Crippen LogP contribution in [-0.4, -0.2) is 21.5 Å². The number of sulfonamides is 1. The van der Waals surface area contributed by atoms with E-state index >= 15 is 0 Å². The quantitative estimate of drug-likeness (QED) is 0.705. The van der Waals surface area contributed by atoms with Gasteiger partial charge in [0.25, 0.3) is 0 Å². The zero-order valence-corrected chi connectivity index (χ0v) is 11.4. The molecule has 100 valence electrons. The van der Waals surface area contributed by atoms with Gasteiger partial charge in [0.2, 0.25) is 10.0 Å². The molecule has 0 aliphatic heterocycles. The lowest BCUT2D eigenvalue weighted by atomic mass is 10.2. The summed E-state index contributed by atoms with van der Waals surface area (Å²) in [5.41, 5.74) is 7.14. The molecule has 0 radical (unpaired) electrons. The van der Waals surface area contributed by atoms with Crippen molar-refractivity contribution in [3.8, 4) is 0 Å². The van der Waals surface area contributed by atoms with E-state index in [1.165, 1.54) is 13.1 Å². The SMILES string of the molecule is CCC1CC1Nc1cc(S(=O)(=O)NC)ccc1N. The fraction of sp³-hybridized carbons (Fsp3) is 0.500. The van der Waals surface area contributed by atoms with E-state index in [1.54, 1.807) is 12.1 Å². The second kappa shape index (κ2) is 4.78. The van der Waals surface area contributed by atoms with E-state index in [-0.39, 0.29) is 4.90 Å². The average Bonchev–Trinajstić information content (AvgIpc) is 3.10. The van der Waals surface area contributed by atoms with Gasteiger partial charge >= 0.3 is 0 Å². The van der Waals surface area contributed by atoms with Gasteiger partial charge in [-0.3, -0.25) is 0 Å². The predicted octanol–water partition coefficient (Wildman–Crippen LogP) is 1.39. The predicted molar refractivity (Wildman–Crippen MR) is 72.9 cm³/mol. The first-order valence-electron chi connectivity index (χ1n) is 6.07. The zero-order chi connectivity index (χ0) is 13.3. The van der Waals surface area contributed by atoms with Crippen LogP contribution in [0.25, 0.3) is 0 Å². The van der Waals surface area contributed by atoms with Crippen molar-refractivity contribution in [2.45, 2.75) is 30.7 Å². The second-order valence-electron chi connectivity index (χ2n) is 4.61. The Labute approximate surface area is 108 Å². The third-order valence-electron chi connectivity index (χ3n) is 3.39. The van der Waals surface area contributed by atoms with E-state index in [2.05, 4.69) is 17.0 Å². The third-order valence-corrected chi connectivity index (χ3v) is 4.80.